The van der Waals surface area contributed by atoms with Gasteiger partial charge >= 0.3 is 0 Å². The number of nitrogens with zero attached hydrogens (tertiary/aromatic N) is 2. The minimum absolute atomic E-state index is 0.0451. The first kappa shape index (κ1) is 25.6. The third-order valence-electron chi connectivity index (χ3n) is 6.26. The summed E-state index contributed by atoms with van der Waals surface area (Å²) in [5.41, 5.74) is 4.41. The van der Waals surface area contributed by atoms with E-state index >= 15 is 0 Å². The van der Waals surface area contributed by atoms with Gasteiger partial charge in [-0.3, -0.25) is 14.2 Å². The zero-order valence-electron chi connectivity index (χ0n) is 19.9. The van der Waals surface area contributed by atoms with Crippen molar-refractivity contribution >= 4 is 17.2 Å². The lowest BCUT2D eigenvalue weighted by atomic mass is 9.94. The van der Waals surface area contributed by atoms with Crippen molar-refractivity contribution in [1.82, 2.24) is 14.9 Å². The zero-order valence-corrected chi connectivity index (χ0v) is 19.9. The number of aldehydes is 1. The van der Waals surface area contributed by atoms with Crippen LogP contribution in [0.15, 0.2) is 35.4 Å². The Morgan fingerprint density at radius 1 is 1.21 bits per heavy atom. The Morgan fingerprint density at radius 3 is 2.53 bits per heavy atom. The van der Waals surface area contributed by atoms with Gasteiger partial charge in [0.1, 0.15) is 12.5 Å². The molecule has 6 nitrogen and oxygen atoms in total. The van der Waals surface area contributed by atoms with E-state index in [9.17, 15) is 18.4 Å². The van der Waals surface area contributed by atoms with Crippen LogP contribution in [0.25, 0.3) is 10.9 Å². The van der Waals surface area contributed by atoms with Gasteiger partial charge in [-0.1, -0.05) is 6.07 Å². The Kier molecular flexibility index (Phi) is 9.01. The predicted molar refractivity (Wildman–Crippen MR) is 129 cm³/mol. The number of aryl methyl sites for hydroxylation is 1. The van der Waals surface area contributed by atoms with Crippen LogP contribution >= 0.6 is 0 Å². The van der Waals surface area contributed by atoms with Crippen LogP contribution in [0.2, 0.25) is 0 Å². The van der Waals surface area contributed by atoms with Crippen LogP contribution in [0.1, 0.15) is 51.5 Å². The molecule has 34 heavy (non-hydrogen) atoms. The second-order valence-electron chi connectivity index (χ2n) is 8.43. The van der Waals surface area contributed by atoms with E-state index in [-0.39, 0.29) is 23.8 Å². The molecule has 0 spiro atoms. The summed E-state index contributed by atoms with van der Waals surface area (Å²) in [4.78, 5) is 28.7. The van der Waals surface area contributed by atoms with Gasteiger partial charge < -0.3 is 10.1 Å². The summed E-state index contributed by atoms with van der Waals surface area (Å²) >= 11 is 0. The van der Waals surface area contributed by atoms with E-state index in [1.165, 1.54) is 12.1 Å². The Bertz CT molecular complexity index is 1200. The number of fused-ring (bicyclic) bond motifs is 1. The number of hydrogen-bond donors (Lipinski definition) is 1. The Labute approximate surface area is 198 Å². The lowest BCUT2D eigenvalue weighted by molar-refractivity contribution is 0.0685. The second-order valence-corrected chi connectivity index (χ2v) is 8.43. The third-order valence-corrected chi connectivity index (χ3v) is 6.26. The molecule has 8 heteroatoms. The van der Waals surface area contributed by atoms with E-state index in [4.69, 9.17) is 4.74 Å². The summed E-state index contributed by atoms with van der Waals surface area (Å²) in [5.74, 6) is -0.531. The molecule has 1 aliphatic heterocycles. The lowest BCUT2D eigenvalue weighted by Crippen LogP contribution is -2.29. The van der Waals surface area contributed by atoms with Gasteiger partial charge in [0.15, 0.2) is 6.29 Å². The first-order chi connectivity index (χ1) is 16.4. The normalized spacial score (nSPS) is 14.0. The van der Waals surface area contributed by atoms with Crippen molar-refractivity contribution < 1.29 is 18.3 Å². The molecule has 0 saturated carbocycles. The van der Waals surface area contributed by atoms with Crippen LogP contribution in [0.4, 0.5) is 8.78 Å². The lowest BCUT2D eigenvalue weighted by Gasteiger charge is -2.24. The molecule has 0 aliphatic carbocycles. The van der Waals surface area contributed by atoms with Crippen LogP contribution < -0.4 is 10.9 Å². The van der Waals surface area contributed by atoms with Crippen molar-refractivity contribution in [2.75, 3.05) is 33.5 Å². The highest BCUT2D eigenvalue weighted by Crippen LogP contribution is 2.26. The molecule has 0 atom stereocenters. The van der Waals surface area contributed by atoms with Crippen molar-refractivity contribution in [1.29, 1.82) is 0 Å². The molecule has 4 rings (SSSR count). The van der Waals surface area contributed by atoms with Crippen LogP contribution in [-0.4, -0.2) is 49.3 Å². The van der Waals surface area contributed by atoms with Gasteiger partial charge in [0.2, 0.25) is 0 Å². The topological polar surface area (TPSA) is 73.2 Å². The molecular weight excluding hydrogens is 440 g/mol. The third kappa shape index (κ3) is 5.74. The summed E-state index contributed by atoms with van der Waals surface area (Å²) in [5, 5.41) is 3.23. The molecule has 182 valence electrons. The number of alkyl halides is 1. The number of halogens is 2. The fourth-order valence-electron chi connectivity index (χ4n) is 4.11. The van der Waals surface area contributed by atoms with Gasteiger partial charge in [-0.25, -0.2) is 13.8 Å². The maximum absolute atomic E-state index is 14.0. The number of hydrogen-bond acceptors (Lipinski definition) is 5. The molecule has 0 radical (unpaired) electrons. The monoisotopic (exact) mass is 471 g/mol. The van der Waals surface area contributed by atoms with Gasteiger partial charge in [0.25, 0.3) is 5.56 Å². The van der Waals surface area contributed by atoms with Crippen molar-refractivity contribution in [3.8, 4) is 0 Å². The smallest absolute Gasteiger partial charge is 0.261 e. The van der Waals surface area contributed by atoms with E-state index in [0.717, 1.165) is 35.1 Å². The number of nitrogens with one attached hydrogen (secondary N) is 1. The SMILES string of the molecule is CNCCF.Cc1c(Cc2ccc(C=O)c(F)c2)cc2c(=O)n(C3CCOCC3)cnc2c1C. The number of benzene rings is 2. The van der Waals surface area contributed by atoms with Crippen molar-refractivity contribution in [2.24, 2.45) is 0 Å². The highest BCUT2D eigenvalue weighted by molar-refractivity contribution is 5.83. The van der Waals surface area contributed by atoms with Gasteiger partial charge in [-0.15, -0.1) is 0 Å². The van der Waals surface area contributed by atoms with Crippen molar-refractivity contribution in [3.05, 3.63) is 74.6 Å². The minimum Gasteiger partial charge on any atom is -0.381 e. The van der Waals surface area contributed by atoms with E-state index in [1.807, 2.05) is 19.9 Å². The van der Waals surface area contributed by atoms with E-state index in [0.29, 0.717) is 43.4 Å². The van der Waals surface area contributed by atoms with Crippen LogP contribution in [0.5, 0.6) is 0 Å². The maximum atomic E-state index is 14.0. The molecular formula is C26H31F2N3O3. The highest BCUT2D eigenvalue weighted by Gasteiger charge is 2.19. The zero-order chi connectivity index (χ0) is 24.7. The van der Waals surface area contributed by atoms with Gasteiger partial charge in [0.05, 0.1) is 22.8 Å². The number of carbonyl (C=O) groups excluding carboxylic acids is 1. The molecule has 3 aromatic rings. The van der Waals surface area contributed by atoms with Gasteiger partial charge in [-0.05, 0) is 80.6 Å². The molecule has 1 fully saturated rings. The van der Waals surface area contributed by atoms with Crippen molar-refractivity contribution in [3.63, 3.8) is 0 Å². The quantitative estimate of drug-likeness (QED) is 0.549. The summed E-state index contributed by atoms with van der Waals surface area (Å²) in [6, 6.07) is 6.60. The molecule has 1 N–H and O–H groups in total. The number of rotatable bonds is 6. The largest absolute Gasteiger partial charge is 0.381 e. The molecule has 1 aromatic heterocycles. The molecule has 1 saturated heterocycles. The number of ether oxygens (including phenoxy) is 1. The number of aromatic nitrogens is 2. The Hall–Kier alpha value is -2.97. The molecule has 0 bridgehead atoms. The highest BCUT2D eigenvalue weighted by atomic mass is 19.1. The molecule has 1 aliphatic rings. The Balaban J connectivity index is 0.000000588. The van der Waals surface area contributed by atoms with E-state index < -0.39 is 5.82 Å². The maximum Gasteiger partial charge on any atom is 0.261 e. The average molecular weight is 472 g/mol. The molecule has 0 amide bonds. The predicted octanol–water partition coefficient (Wildman–Crippen LogP) is 4.08. The van der Waals surface area contributed by atoms with Crippen LogP contribution in [-0.2, 0) is 11.2 Å². The molecule has 2 aromatic carbocycles. The summed E-state index contributed by atoms with van der Waals surface area (Å²) < 4.78 is 32.1. The standard InChI is InChI=1S/C23H23FN2O3.C3H8FN/c1-14-15(2)22-20(23(28)26(13-25-22)19-5-7-29-8-6-19)11-18(14)9-16-3-4-17(12-27)21(24)10-16;1-5-3-2-4/h3-4,10-13,19H,5-9H2,1-2H3;5H,2-3H2,1H3. The first-order valence-corrected chi connectivity index (χ1v) is 11.4. The molecule has 0 unspecified atom stereocenters. The van der Waals surface area contributed by atoms with Crippen molar-refractivity contribution in [2.45, 2.75) is 39.2 Å². The molecule has 2 heterocycles. The summed E-state index contributed by atoms with van der Waals surface area (Å²) in [7, 11) is 1.72. The average Bonchev–Trinajstić information content (AvgIpc) is 2.84. The fourth-order valence-corrected chi connectivity index (χ4v) is 4.11. The van der Waals surface area contributed by atoms with E-state index in [1.54, 1.807) is 24.0 Å². The first-order valence-electron chi connectivity index (χ1n) is 11.4. The van der Waals surface area contributed by atoms with Gasteiger partial charge in [0, 0.05) is 25.8 Å². The minimum atomic E-state index is -0.531. The second kappa shape index (κ2) is 11.9. The number of carbonyl (C=O) groups is 1. The summed E-state index contributed by atoms with van der Waals surface area (Å²) in [6.45, 7) is 5.45. The van der Waals surface area contributed by atoms with Crippen LogP contribution in [0.3, 0.4) is 0 Å². The Morgan fingerprint density at radius 2 is 1.94 bits per heavy atom. The van der Waals surface area contributed by atoms with Crippen LogP contribution in [0, 0.1) is 19.7 Å². The van der Waals surface area contributed by atoms with E-state index in [2.05, 4.69) is 10.3 Å². The van der Waals surface area contributed by atoms with Gasteiger partial charge in [-0.2, -0.15) is 0 Å². The fraction of sp³-hybridized carbons (Fsp3) is 0.423. The summed E-state index contributed by atoms with van der Waals surface area (Å²) in [6.07, 6.45) is 4.24.